The molecule has 0 saturated heterocycles. The number of ether oxygens (including phenoxy) is 2. The highest BCUT2D eigenvalue weighted by atomic mass is 32.2. The number of anilines is 1. The van der Waals surface area contributed by atoms with E-state index in [-0.39, 0.29) is 11.4 Å². The van der Waals surface area contributed by atoms with Crippen LogP contribution in [0.4, 0.5) is 10.5 Å². The number of benzene rings is 2. The van der Waals surface area contributed by atoms with Gasteiger partial charge in [-0.3, -0.25) is 5.32 Å². The number of rotatable bonds is 7. The van der Waals surface area contributed by atoms with E-state index in [0.29, 0.717) is 12.1 Å². The summed E-state index contributed by atoms with van der Waals surface area (Å²) in [5, 5.41) is 3.47. The smallest absolute Gasteiger partial charge is 0.411 e. The molecule has 1 aromatic heterocycles. The number of hydrogen-bond acceptors (Lipinski definition) is 5. The molecule has 1 amide bonds. The van der Waals surface area contributed by atoms with Crippen LogP contribution in [-0.2, 0) is 21.2 Å². The molecule has 8 nitrogen and oxygen atoms in total. The minimum Gasteiger partial charge on any atom is -0.497 e. The van der Waals surface area contributed by atoms with Gasteiger partial charge >= 0.3 is 6.09 Å². The Bertz CT molecular complexity index is 1070. The van der Waals surface area contributed by atoms with Crippen LogP contribution in [0.2, 0.25) is 0 Å². The van der Waals surface area contributed by atoms with E-state index in [1.165, 1.54) is 31.4 Å². The van der Waals surface area contributed by atoms with Crippen molar-refractivity contribution in [3.63, 3.8) is 0 Å². The van der Waals surface area contributed by atoms with E-state index in [0.717, 1.165) is 22.2 Å². The number of amides is 1. The summed E-state index contributed by atoms with van der Waals surface area (Å²) in [5.74, 6) is 0.745. The van der Waals surface area contributed by atoms with Gasteiger partial charge in [-0.25, -0.2) is 17.9 Å². The summed E-state index contributed by atoms with van der Waals surface area (Å²) >= 11 is 0. The minimum absolute atomic E-state index is 0.114. The Morgan fingerprint density at radius 2 is 1.86 bits per heavy atom. The van der Waals surface area contributed by atoms with Gasteiger partial charge in [-0.2, -0.15) is 0 Å². The number of carbonyl (C=O) groups is 1. The number of nitrogens with one attached hydrogen (secondary N) is 3. The first kappa shape index (κ1) is 19.7. The Balaban J connectivity index is 1.64. The molecule has 0 atom stereocenters. The van der Waals surface area contributed by atoms with E-state index in [1.807, 2.05) is 24.4 Å². The predicted octanol–water partition coefficient (Wildman–Crippen LogP) is 2.88. The molecule has 0 saturated carbocycles. The number of sulfonamides is 1. The van der Waals surface area contributed by atoms with Crippen molar-refractivity contribution in [3.8, 4) is 5.75 Å². The fourth-order valence-electron chi connectivity index (χ4n) is 2.78. The highest BCUT2D eigenvalue weighted by Crippen LogP contribution is 2.24. The first-order valence-corrected chi connectivity index (χ1v) is 10.00. The summed E-state index contributed by atoms with van der Waals surface area (Å²) in [5.41, 5.74) is 2.40. The summed E-state index contributed by atoms with van der Waals surface area (Å²) in [4.78, 5) is 14.5. The molecule has 3 N–H and O–H groups in total. The van der Waals surface area contributed by atoms with E-state index >= 15 is 0 Å². The maximum absolute atomic E-state index is 12.5. The lowest BCUT2D eigenvalue weighted by atomic mass is 10.1. The van der Waals surface area contributed by atoms with Crippen LogP contribution in [0.15, 0.2) is 53.6 Å². The van der Waals surface area contributed by atoms with Crippen LogP contribution in [0.25, 0.3) is 10.9 Å². The van der Waals surface area contributed by atoms with Crippen LogP contribution in [-0.4, -0.2) is 40.3 Å². The molecule has 9 heteroatoms. The van der Waals surface area contributed by atoms with Gasteiger partial charge in [-0.1, -0.05) is 0 Å². The average molecular weight is 403 g/mol. The van der Waals surface area contributed by atoms with E-state index in [2.05, 4.69) is 19.8 Å². The first-order chi connectivity index (χ1) is 13.4. The number of fused-ring (bicyclic) bond motifs is 1. The van der Waals surface area contributed by atoms with Crippen molar-refractivity contribution in [1.29, 1.82) is 0 Å². The average Bonchev–Trinajstić information content (AvgIpc) is 3.10. The van der Waals surface area contributed by atoms with Crippen molar-refractivity contribution < 1.29 is 22.7 Å². The molecule has 0 aliphatic carbocycles. The monoisotopic (exact) mass is 403 g/mol. The van der Waals surface area contributed by atoms with Crippen molar-refractivity contribution in [2.45, 2.75) is 11.3 Å². The van der Waals surface area contributed by atoms with Crippen LogP contribution in [0.1, 0.15) is 5.56 Å². The number of hydrogen-bond donors (Lipinski definition) is 3. The zero-order valence-corrected chi connectivity index (χ0v) is 16.3. The third-order valence-electron chi connectivity index (χ3n) is 4.26. The minimum atomic E-state index is -3.66. The maximum atomic E-state index is 12.5. The molecular formula is C19H21N3O5S. The van der Waals surface area contributed by atoms with E-state index in [9.17, 15) is 13.2 Å². The maximum Gasteiger partial charge on any atom is 0.411 e. The van der Waals surface area contributed by atoms with Gasteiger partial charge in [0.1, 0.15) is 5.75 Å². The Morgan fingerprint density at radius 1 is 1.11 bits per heavy atom. The third-order valence-corrected chi connectivity index (χ3v) is 5.73. The second-order valence-corrected chi connectivity index (χ2v) is 7.78. The Labute approximate surface area is 162 Å². The molecule has 0 bridgehead atoms. The lowest BCUT2D eigenvalue weighted by Crippen LogP contribution is -2.26. The second kappa shape index (κ2) is 8.32. The third kappa shape index (κ3) is 4.44. The van der Waals surface area contributed by atoms with Crippen molar-refractivity contribution >= 4 is 32.7 Å². The quantitative estimate of drug-likeness (QED) is 0.562. The van der Waals surface area contributed by atoms with Gasteiger partial charge in [-0.15, -0.1) is 0 Å². The van der Waals surface area contributed by atoms with Gasteiger partial charge in [0, 0.05) is 29.3 Å². The lowest BCUT2D eigenvalue weighted by molar-refractivity contribution is 0.187. The Hall–Kier alpha value is -3.04. The van der Waals surface area contributed by atoms with Crippen LogP contribution in [0.3, 0.4) is 0 Å². The highest BCUT2D eigenvalue weighted by molar-refractivity contribution is 7.89. The zero-order valence-electron chi connectivity index (χ0n) is 15.5. The summed E-state index contributed by atoms with van der Waals surface area (Å²) in [6, 6.07) is 11.5. The van der Waals surface area contributed by atoms with Gasteiger partial charge in [0.05, 0.1) is 19.1 Å². The Kier molecular flexibility index (Phi) is 5.86. The van der Waals surface area contributed by atoms with Crippen LogP contribution in [0.5, 0.6) is 5.75 Å². The van der Waals surface area contributed by atoms with Crippen LogP contribution >= 0.6 is 0 Å². The summed E-state index contributed by atoms with van der Waals surface area (Å²) < 4.78 is 37.3. The molecule has 3 aromatic rings. The Morgan fingerprint density at radius 3 is 2.54 bits per heavy atom. The van der Waals surface area contributed by atoms with Crippen molar-refractivity contribution in [1.82, 2.24) is 9.71 Å². The second-order valence-electron chi connectivity index (χ2n) is 6.01. The molecule has 3 rings (SSSR count). The number of methoxy groups -OCH3 is 2. The standard InChI is InChI=1S/C19H21N3O5S/c1-26-15-5-8-18-17(11-15)13(12-20-18)9-10-21-28(24,25)16-6-3-14(4-7-16)22-19(23)27-2/h3-8,11-12,20-21H,9-10H2,1-2H3,(H,22,23). The molecule has 0 unspecified atom stereocenters. The molecule has 0 radical (unpaired) electrons. The SMILES string of the molecule is COC(=O)Nc1ccc(S(=O)(=O)NCCc2c[nH]c3ccc(OC)cc23)cc1. The van der Waals surface area contributed by atoms with E-state index < -0.39 is 16.1 Å². The molecule has 148 valence electrons. The fraction of sp³-hybridized carbons (Fsp3) is 0.211. The molecule has 1 heterocycles. The number of aromatic nitrogens is 1. The number of aromatic amines is 1. The van der Waals surface area contributed by atoms with E-state index in [1.54, 1.807) is 7.11 Å². The molecule has 0 aliphatic heterocycles. The van der Waals surface area contributed by atoms with Gasteiger partial charge in [0.25, 0.3) is 0 Å². The predicted molar refractivity (Wildman–Crippen MR) is 106 cm³/mol. The fourth-order valence-corrected chi connectivity index (χ4v) is 3.81. The van der Waals surface area contributed by atoms with Crippen molar-refractivity contribution in [2.24, 2.45) is 0 Å². The molecule has 0 fully saturated rings. The normalized spacial score (nSPS) is 11.4. The summed E-state index contributed by atoms with van der Waals surface area (Å²) in [6.07, 6.45) is 1.77. The van der Waals surface area contributed by atoms with Gasteiger partial charge < -0.3 is 14.5 Å². The molecule has 0 spiro atoms. The molecular weight excluding hydrogens is 382 g/mol. The van der Waals surface area contributed by atoms with Crippen LogP contribution < -0.4 is 14.8 Å². The molecule has 2 aromatic carbocycles. The van der Waals surface area contributed by atoms with Gasteiger partial charge in [0.2, 0.25) is 10.0 Å². The van der Waals surface area contributed by atoms with Gasteiger partial charge in [0.15, 0.2) is 0 Å². The van der Waals surface area contributed by atoms with Crippen molar-refractivity contribution in [2.75, 3.05) is 26.1 Å². The first-order valence-electron chi connectivity index (χ1n) is 8.51. The topological polar surface area (TPSA) is 110 Å². The lowest BCUT2D eigenvalue weighted by Gasteiger charge is -2.08. The molecule has 28 heavy (non-hydrogen) atoms. The summed E-state index contributed by atoms with van der Waals surface area (Å²) in [6.45, 7) is 0.245. The van der Waals surface area contributed by atoms with Gasteiger partial charge in [-0.05, 0) is 54.4 Å². The van der Waals surface area contributed by atoms with Crippen molar-refractivity contribution in [3.05, 3.63) is 54.2 Å². The number of carbonyl (C=O) groups excluding carboxylic acids is 1. The largest absolute Gasteiger partial charge is 0.497 e. The molecule has 0 aliphatic rings. The van der Waals surface area contributed by atoms with E-state index in [4.69, 9.17) is 4.74 Å². The summed E-state index contributed by atoms with van der Waals surface area (Å²) in [7, 11) is -0.803. The number of H-pyrrole nitrogens is 1. The highest BCUT2D eigenvalue weighted by Gasteiger charge is 2.14. The zero-order chi connectivity index (χ0) is 20.1. The van der Waals surface area contributed by atoms with Crippen LogP contribution in [0, 0.1) is 0 Å².